The monoisotopic (exact) mass is 332 g/mol. The lowest BCUT2D eigenvalue weighted by Crippen LogP contribution is -2.52. The van der Waals surface area contributed by atoms with Gasteiger partial charge in [-0.15, -0.1) is 0 Å². The van der Waals surface area contributed by atoms with Crippen molar-refractivity contribution in [1.29, 1.82) is 0 Å². The summed E-state index contributed by atoms with van der Waals surface area (Å²) < 4.78 is 17.7. The third-order valence-electron chi connectivity index (χ3n) is 3.79. The fourth-order valence-electron chi connectivity index (χ4n) is 2.78. The van der Waals surface area contributed by atoms with E-state index in [1.54, 1.807) is 0 Å². The number of unbranched alkanes of at least 4 members (excludes halogenated alkanes) is 4. The fourth-order valence-corrected chi connectivity index (χ4v) is 5.88. The van der Waals surface area contributed by atoms with Crippen LogP contribution in [0.4, 0.5) is 0 Å². The van der Waals surface area contributed by atoms with Gasteiger partial charge in [-0.1, -0.05) is 39.5 Å². The number of carbonyl (C=O) groups excluding carboxylic acids is 1. The van der Waals surface area contributed by atoms with Gasteiger partial charge in [0, 0.05) is 26.2 Å². The van der Waals surface area contributed by atoms with Crippen LogP contribution in [0.2, 0.25) is 5.54 Å². The van der Waals surface area contributed by atoms with Gasteiger partial charge >= 0.3 is 8.80 Å². The number of hydrogen-bond acceptors (Lipinski definition) is 4. The zero-order valence-corrected chi connectivity index (χ0v) is 16.3. The number of hydrogen-bond donors (Lipinski definition) is 0. The van der Waals surface area contributed by atoms with E-state index in [1.807, 2.05) is 27.7 Å². The highest BCUT2D eigenvalue weighted by atomic mass is 28.4. The van der Waals surface area contributed by atoms with E-state index in [0.29, 0.717) is 26.2 Å². The number of carbonyl (C=O) groups is 1. The van der Waals surface area contributed by atoms with Crippen molar-refractivity contribution < 1.29 is 18.1 Å². The predicted molar refractivity (Wildman–Crippen MR) is 93.1 cm³/mol. The first kappa shape index (κ1) is 21.8. The van der Waals surface area contributed by atoms with Gasteiger partial charge in [0.2, 0.25) is 0 Å². The first-order chi connectivity index (χ1) is 10.6. The molecule has 1 unspecified atom stereocenters. The average Bonchev–Trinajstić information content (AvgIpc) is 2.48. The lowest BCUT2D eigenvalue weighted by atomic mass is 10.1. The molecule has 0 fully saturated rings. The van der Waals surface area contributed by atoms with Crippen molar-refractivity contribution in [2.75, 3.05) is 19.8 Å². The Kier molecular flexibility index (Phi) is 13.1. The zero-order valence-electron chi connectivity index (χ0n) is 15.3. The molecule has 0 aliphatic rings. The molecule has 0 aliphatic heterocycles. The van der Waals surface area contributed by atoms with Crippen molar-refractivity contribution in [3.05, 3.63) is 0 Å². The van der Waals surface area contributed by atoms with Crippen molar-refractivity contribution in [3.8, 4) is 0 Å². The Hall–Kier alpha value is -0.233. The molecule has 0 aromatic rings. The Morgan fingerprint density at radius 1 is 0.818 bits per heavy atom. The lowest BCUT2D eigenvalue weighted by molar-refractivity contribution is -0.120. The van der Waals surface area contributed by atoms with Crippen molar-refractivity contribution in [2.45, 2.75) is 85.1 Å². The SMILES string of the molecule is CCCCCCCC(=O)C(CC)[Si](OCC)(OCC)OCC. The van der Waals surface area contributed by atoms with Gasteiger partial charge in [-0.05, 0) is 33.6 Å². The van der Waals surface area contributed by atoms with Gasteiger partial charge in [0.25, 0.3) is 0 Å². The molecule has 0 amide bonds. The number of Topliss-reactive ketones (excluding diaryl/α,β-unsaturated/α-hetero) is 1. The summed E-state index contributed by atoms with van der Waals surface area (Å²) in [5, 5.41) is 0. The molecule has 1 atom stereocenters. The molecule has 4 nitrogen and oxygen atoms in total. The third-order valence-corrected chi connectivity index (χ3v) is 7.44. The molecule has 0 rings (SSSR count). The standard InChI is InChI=1S/C17H36O4Si/c1-6-11-12-13-14-15-16(18)17(7-2)22(19-8-3,20-9-4)21-10-5/h17H,6-15H2,1-5H3. The smallest absolute Gasteiger partial charge is 0.373 e. The van der Waals surface area contributed by atoms with Gasteiger partial charge in [-0.25, -0.2) is 0 Å². The molecule has 5 heteroatoms. The van der Waals surface area contributed by atoms with Crippen LogP contribution in [0, 0.1) is 0 Å². The fraction of sp³-hybridized carbons (Fsp3) is 0.941. The van der Waals surface area contributed by atoms with E-state index in [4.69, 9.17) is 13.3 Å². The number of ketones is 1. The minimum absolute atomic E-state index is 0.224. The molecule has 0 aromatic carbocycles. The van der Waals surface area contributed by atoms with Gasteiger partial charge in [0.1, 0.15) is 5.78 Å². The van der Waals surface area contributed by atoms with Crippen molar-refractivity contribution >= 4 is 14.6 Å². The summed E-state index contributed by atoms with van der Waals surface area (Å²) in [6, 6.07) is 0. The second kappa shape index (κ2) is 13.2. The molecule has 0 saturated carbocycles. The molecule has 0 saturated heterocycles. The predicted octanol–water partition coefficient (Wildman–Crippen LogP) is 4.74. The Labute approximate surface area is 138 Å². The van der Waals surface area contributed by atoms with E-state index in [-0.39, 0.29) is 11.3 Å². The normalized spacial score (nSPS) is 13.3. The van der Waals surface area contributed by atoms with E-state index in [1.165, 1.54) is 19.3 Å². The highest BCUT2D eigenvalue weighted by Crippen LogP contribution is 2.31. The largest absolute Gasteiger partial charge is 0.511 e. The van der Waals surface area contributed by atoms with Crippen LogP contribution in [0.15, 0.2) is 0 Å². The molecule has 0 heterocycles. The molecule has 22 heavy (non-hydrogen) atoms. The lowest BCUT2D eigenvalue weighted by Gasteiger charge is -2.34. The molecule has 0 bridgehead atoms. The summed E-state index contributed by atoms with van der Waals surface area (Å²) in [5.74, 6) is 0.251. The van der Waals surface area contributed by atoms with Crippen LogP contribution in [-0.4, -0.2) is 34.4 Å². The first-order valence-electron chi connectivity index (χ1n) is 9.06. The van der Waals surface area contributed by atoms with Gasteiger partial charge in [0.05, 0.1) is 5.54 Å². The highest BCUT2D eigenvalue weighted by molar-refractivity contribution is 6.66. The van der Waals surface area contributed by atoms with Crippen molar-refractivity contribution in [1.82, 2.24) is 0 Å². The summed E-state index contributed by atoms with van der Waals surface area (Å²) in [7, 11) is -2.91. The molecule has 0 aromatic heterocycles. The van der Waals surface area contributed by atoms with Gasteiger partial charge in [-0.2, -0.15) is 0 Å². The maximum absolute atomic E-state index is 12.7. The quantitative estimate of drug-likeness (QED) is 0.321. The van der Waals surface area contributed by atoms with E-state index in [0.717, 1.165) is 19.3 Å². The van der Waals surface area contributed by atoms with Crippen molar-refractivity contribution in [3.63, 3.8) is 0 Å². The molecule has 0 N–H and O–H groups in total. The van der Waals surface area contributed by atoms with Crippen LogP contribution in [0.1, 0.15) is 79.6 Å². The van der Waals surface area contributed by atoms with Crippen LogP contribution in [0.25, 0.3) is 0 Å². The number of rotatable bonds is 15. The van der Waals surface area contributed by atoms with E-state index in [2.05, 4.69) is 6.92 Å². The molecule has 0 spiro atoms. The van der Waals surface area contributed by atoms with E-state index < -0.39 is 8.80 Å². The topological polar surface area (TPSA) is 44.8 Å². The highest BCUT2D eigenvalue weighted by Gasteiger charge is 2.51. The second-order valence-corrected chi connectivity index (χ2v) is 8.26. The summed E-state index contributed by atoms with van der Waals surface area (Å²) in [5.41, 5.74) is -0.224. The Bertz CT molecular complexity index is 267. The zero-order chi connectivity index (χ0) is 16.8. The first-order valence-corrected chi connectivity index (χ1v) is 10.9. The Morgan fingerprint density at radius 2 is 1.32 bits per heavy atom. The van der Waals surface area contributed by atoms with Crippen LogP contribution in [0.5, 0.6) is 0 Å². The summed E-state index contributed by atoms with van der Waals surface area (Å²) >= 11 is 0. The van der Waals surface area contributed by atoms with Crippen LogP contribution < -0.4 is 0 Å². The van der Waals surface area contributed by atoms with Crippen LogP contribution in [0.3, 0.4) is 0 Å². The van der Waals surface area contributed by atoms with E-state index in [9.17, 15) is 4.79 Å². The van der Waals surface area contributed by atoms with Crippen LogP contribution in [-0.2, 0) is 18.1 Å². The van der Waals surface area contributed by atoms with Crippen molar-refractivity contribution in [2.24, 2.45) is 0 Å². The minimum atomic E-state index is -2.91. The van der Waals surface area contributed by atoms with Gasteiger partial charge in [0.15, 0.2) is 0 Å². The van der Waals surface area contributed by atoms with Gasteiger partial charge < -0.3 is 13.3 Å². The summed E-state index contributed by atoms with van der Waals surface area (Å²) in [6.45, 7) is 11.6. The molecular formula is C17H36O4Si. The maximum atomic E-state index is 12.7. The van der Waals surface area contributed by atoms with Gasteiger partial charge in [-0.3, -0.25) is 4.79 Å². The second-order valence-electron chi connectivity index (χ2n) is 5.49. The average molecular weight is 333 g/mol. The third kappa shape index (κ3) is 7.35. The Morgan fingerprint density at radius 3 is 1.73 bits per heavy atom. The molecule has 132 valence electrons. The van der Waals surface area contributed by atoms with Crippen LogP contribution >= 0.6 is 0 Å². The minimum Gasteiger partial charge on any atom is -0.373 e. The van der Waals surface area contributed by atoms with E-state index >= 15 is 0 Å². The summed E-state index contributed by atoms with van der Waals surface area (Å²) in [4.78, 5) is 12.7. The maximum Gasteiger partial charge on any atom is 0.511 e. The molecule has 0 aliphatic carbocycles. The molecular weight excluding hydrogens is 296 g/mol. The summed E-state index contributed by atoms with van der Waals surface area (Å²) in [6.07, 6.45) is 7.11. The Balaban J connectivity index is 4.76. The molecule has 0 radical (unpaired) electrons.